The third kappa shape index (κ3) is 2.50. The summed E-state index contributed by atoms with van der Waals surface area (Å²) in [6.45, 7) is 3.57. The predicted octanol–water partition coefficient (Wildman–Crippen LogP) is 2.94. The summed E-state index contributed by atoms with van der Waals surface area (Å²) in [5, 5.41) is 9.16. The van der Waals surface area contributed by atoms with Crippen molar-refractivity contribution in [1.29, 1.82) is 0 Å². The number of aromatic hydroxyl groups is 1. The molecule has 1 N–H and O–H groups in total. The Bertz CT molecular complexity index is 524. The van der Waals surface area contributed by atoms with E-state index in [1.807, 2.05) is 0 Å². The fourth-order valence-electron chi connectivity index (χ4n) is 1.67. The van der Waals surface area contributed by atoms with Gasteiger partial charge in [-0.2, -0.15) is 0 Å². The van der Waals surface area contributed by atoms with Crippen LogP contribution in [0.4, 0.5) is 5.69 Å². The summed E-state index contributed by atoms with van der Waals surface area (Å²) in [4.78, 5) is 15.9. The predicted molar refractivity (Wildman–Crippen MR) is 67.7 cm³/mol. The molecule has 0 spiro atoms. The third-order valence-corrected chi connectivity index (χ3v) is 2.55. The van der Waals surface area contributed by atoms with Crippen molar-refractivity contribution in [3.8, 4) is 5.75 Å². The molecule has 0 heterocycles. The van der Waals surface area contributed by atoms with E-state index >= 15 is 0 Å². The average molecular weight is 227 g/mol. The lowest BCUT2D eigenvalue weighted by atomic mass is 9.98. The van der Waals surface area contributed by atoms with E-state index in [4.69, 9.17) is 5.11 Å². The van der Waals surface area contributed by atoms with E-state index in [9.17, 15) is 4.79 Å². The highest BCUT2D eigenvalue weighted by Gasteiger charge is 2.13. The van der Waals surface area contributed by atoms with Crippen molar-refractivity contribution in [2.45, 2.75) is 13.8 Å². The highest BCUT2D eigenvalue weighted by Crippen LogP contribution is 2.19. The van der Waals surface area contributed by atoms with Gasteiger partial charge in [0.2, 0.25) is 0 Å². The van der Waals surface area contributed by atoms with Gasteiger partial charge in [0.15, 0.2) is 5.78 Å². The summed E-state index contributed by atoms with van der Waals surface area (Å²) in [7, 11) is 0. The molecule has 1 aromatic carbocycles. The number of aliphatic imine (C=N–C) groups is 1. The molecule has 0 radical (unpaired) electrons. The Morgan fingerprint density at radius 3 is 2.06 bits per heavy atom. The molecule has 0 fully saturated rings. The van der Waals surface area contributed by atoms with Crippen LogP contribution in [0.5, 0.6) is 5.75 Å². The van der Waals surface area contributed by atoms with Crippen molar-refractivity contribution in [2.75, 3.05) is 0 Å². The molecule has 0 aromatic heterocycles. The van der Waals surface area contributed by atoms with E-state index in [0.29, 0.717) is 11.1 Å². The number of allylic oxidation sites excluding steroid dienone is 4. The van der Waals surface area contributed by atoms with Crippen LogP contribution in [0.15, 0.2) is 52.6 Å². The van der Waals surface area contributed by atoms with E-state index in [0.717, 1.165) is 11.4 Å². The van der Waals surface area contributed by atoms with Gasteiger partial charge < -0.3 is 5.11 Å². The molecule has 0 aliphatic heterocycles. The van der Waals surface area contributed by atoms with Crippen LogP contribution in [0.1, 0.15) is 13.8 Å². The Kier molecular flexibility index (Phi) is 2.91. The van der Waals surface area contributed by atoms with Gasteiger partial charge in [-0.15, -0.1) is 0 Å². The summed E-state index contributed by atoms with van der Waals surface area (Å²) in [6.07, 6.45) is 3.53. The van der Waals surface area contributed by atoms with Crippen molar-refractivity contribution in [3.05, 3.63) is 47.6 Å². The first-order chi connectivity index (χ1) is 8.06. The van der Waals surface area contributed by atoms with Gasteiger partial charge in [-0.05, 0) is 61.4 Å². The number of ketones is 1. The molecule has 0 bridgehead atoms. The van der Waals surface area contributed by atoms with Crippen molar-refractivity contribution in [3.63, 3.8) is 0 Å². The van der Waals surface area contributed by atoms with Gasteiger partial charge in [-0.3, -0.25) is 4.79 Å². The molecule has 2 rings (SSSR count). The fraction of sp³-hybridized carbons (Fsp3) is 0.143. The maximum atomic E-state index is 11.5. The number of phenols is 1. The number of carbonyl (C=O) groups is 1. The summed E-state index contributed by atoms with van der Waals surface area (Å²) in [6, 6.07) is 6.62. The van der Waals surface area contributed by atoms with Gasteiger partial charge in [-0.1, -0.05) is 0 Å². The molecule has 3 nitrogen and oxygen atoms in total. The minimum Gasteiger partial charge on any atom is -0.508 e. The normalized spacial score (nSPS) is 15.4. The second-order valence-electron chi connectivity index (χ2n) is 4.04. The first-order valence-corrected chi connectivity index (χ1v) is 5.35. The second-order valence-corrected chi connectivity index (χ2v) is 4.04. The molecule has 1 aliphatic carbocycles. The number of Topliss-reactive ketones (excluding diaryl/α,β-unsaturated/α-hetero) is 1. The number of nitrogens with zero attached hydrogens (tertiary/aromatic N) is 1. The topological polar surface area (TPSA) is 49.7 Å². The van der Waals surface area contributed by atoms with Crippen molar-refractivity contribution >= 4 is 17.2 Å². The molecular weight excluding hydrogens is 214 g/mol. The van der Waals surface area contributed by atoms with Gasteiger partial charge in [0.05, 0.1) is 11.4 Å². The number of carbonyl (C=O) groups excluding carboxylic acids is 1. The van der Waals surface area contributed by atoms with Crippen LogP contribution in [0.25, 0.3) is 0 Å². The lowest BCUT2D eigenvalue weighted by Gasteiger charge is -2.08. The Labute approximate surface area is 99.8 Å². The monoisotopic (exact) mass is 227 g/mol. The molecule has 86 valence electrons. The van der Waals surface area contributed by atoms with E-state index < -0.39 is 0 Å². The van der Waals surface area contributed by atoms with Crippen LogP contribution in [-0.4, -0.2) is 16.6 Å². The van der Waals surface area contributed by atoms with E-state index in [1.54, 1.807) is 50.3 Å². The highest BCUT2D eigenvalue weighted by molar-refractivity contribution is 6.21. The summed E-state index contributed by atoms with van der Waals surface area (Å²) >= 11 is 0. The Morgan fingerprint density at radius 2 is 1.53 bits per heavy atom. The number of rotatable bonds is 1. The molecule has 1 aromatic rings. The Hall–Kier alpha value is -2.16. The SMILES string of the molecule is CC1=CC(=Nc2ccc(O)cc2)C=C(C)C1=O. The van der Waals surface area contributed by atoms with Crippen LogP contribution < -0.4 is 0 Å². The van der Waals surface area contributed by atoms with Gasteiger partial charge >= 0.3 is 0 Å². The molecule has 0 amide bonds. The van der Waals surface area contributed by atoms with E-state index in [1.165, 1.54) is 0 Å². The van der Waals surface area contributed by atoms with Crippen LogP contribution >= 0.6 is 0 Å². The first-order valence-electron chi connectivity index (χ1n) is 5.35. The summed E-state index contributed by atoms with van der Waals surface area (Å²) < 4.78 is 0. The maximum Gasteiger partial charge on any atom is 0.184 e. The van der Waals surface area contributed by atoms with Crippen LogP contribution in [-0.2, 0) is 4.79 Å². The van der Waals surface area contributed by atoms with E-state index in [-0.39, 0.29) is 11.5 Å². The van der Waals surface area contributed by atoms with Gasteiger partial charge in [0, 0.05) is 0 Å². The van der Waals surface area contributed by atoms with Crippen molar-refractivity contribution in [2.24, 2.45) is 4.99 Å². The number of hydrogen-bond donors (Lipinski definition) is 1. The Balaban J connectivity index is 2.35. The highest BCUT2D eigenvalue weighted by atomic mass is 16.3. The van der Waals surface area contributed by atoms with Crippen molar-refractivity contribution < 1.29 is 9.90 Å². The van der Waals surface area contributed by atoms with Crippen molar-refractivity contribution in [1.82, 2.24) is 0 Å². The number of phenolic OH excluding ortho intramolecular Hbond substituents is 1. The molecular formula is C14H13NO2. The van der Waals surface area contributed by atoms with E-state index in [2.05, 4.69) is 4.99 Å². The van der Waals surface area contributed by atoms with Crippen LogP contribution in [0.2, 0.25) is 0 Å². The van der Waals surface area contributed by atoms with Crippen LogP contribution in [0.3, 0.4) is 0 Å². The fourth-order valence-corrected chi connectivity index (χ4v) is 1.67. The summed E-state index contributed by atoms with van der Waals surface area (Å²) in [5.41, 5.74) is 2.90. The lowest BCUT2D eigenvalue weighted by molar-refractivity contribution is -0.112. The molecule has 0 saturated heterocycles. The van der Waals surface area contributed by atoms with Gasteiger partial charge in [0.25, 0.3) is 0 Å². The quantitative estimate of drug-likeness (QED) is 0.750. The smallest absolute Gasteiger partial charge is 0.184 e. The largest absolute Gasteiger partial charge is 0.508 e. The lowest BCUT2D eigenvalue weighted by Crippen LogP contribution is -2.10. The molecule has 0 atom stereocenters. The summed E-state index contributed by atoms with van der Waals surface area (Å²) in [5.74, 6) is 0.279. The standard InChI is InChI=1S/C14H13NO2/c1-9-7-12(8-10(2)14(9)17)15-11-3-5-13(16)6-4-11/h3-8,16H,1-2H3. The average Bonchev–Trinajstić information content (AvgIpc) is 2.29. The second kappa shape index (κ2) is 4.37. The maximum absolute atomic E-state index is 11.5. The van der Waals surface area contributed by atoms with Gasteiger partial charge in [-0.25, -0.2) is 4.99 Å². The zero-order chi connectivity index (χ0) is 12.4. The Morgan fingerprint density at radius 1 is 1.00 bits per heavy atom. The first kappa shape index (κ1) is 11.3. The molecule has 0 unspecified atom stereocenters. The minimum absolute atomic E-state index is 0.0645. The third-order valence-electron chi connectivity index (χ3n) is 2.55. The molecule has 3 heteroatoms. The minimum atomic E-state index is 0.0645. The van der Waals surface area contributed by atoms with Crippen LogP contribution in [0, 0.1) is 0 Å². The number of benzene rings is 1. The molecule has 17 heavy (non-hydrogen) atoms. The van der Waals surface area contributed by atoms with Gasteiger partial charge in [0.1, 0.15) is 5.75 Å². The molecule has 0 saturated carbocycles. The number of hydrogen-bond acceptors (Lipinski definition) is 3. The zero-order valence-electron chi connectivity index (χ0n) is 9.77. The molecule has 1 aliphatic rings. The zero-order valence-corrected chi connectivity index (χ0v) is 9.77.